The number of hydrogen-bond acceptors (Lipinski definition) is 6. The molecule has 0 radical (unpaired) electrons. The third-order valence-corrected chi connectivity index (χ3v) is 3.60. The summed E-state index contributed by atoms with van der Waals surface area (Å²) in [6.07, 6.45) is -2.42. The second kappa shape index (κ2) is 6.65. The molecule has 0 aliphatic carbocycles. The Hall–Kier alpha value is -1.44. The summed E-state index contributed by atoms with van der Waals surface area (Å²) in [5, 5.41) is 30.4. The largest absolute Gasteiger partial charge is 0.389 e. The molecule has 0 bridgehead atoms. The number of nitro groups is 1. The highest BCUT2D eigenvalue weighted by Crippen LogP contribution is 2.28. The number of nitrogens with zero attached hydrogens (tertiary/aromatic N) is 1. The average molecular weight is 285 g/mol. The molecule has 0 saturated heterocycles. The van der Waals surface area contributed by atoms with E-state index in [1.54, 1.807) is 0 Å². The molecule has 1 rings (SSSR count). The second-order valence-electron chi connectivity index (χ2n) is 4.06. The van der Waals surface area contributed by atoms with E-state index in [1.807, 2.05) is 0 Å². The van der Waals surface area contributed by atoms with E-state index in [9.17, 15) is 25.1 Å². The van der Waals surface area contributed by atoms with E-state index in [0.717, 1.165) is 11.8 Å². The van der Waals surface area contributed by atoms with Gasteiger partial charge in [-0.2, -0.15) is 0 Å². The van der Waals surface area contributed by atoms with Crippen molar-refractivity contribution in [3.63, 3.8) is 0 Å². The first kappa shape index (κ1) is 15.6. The van der Waals surface area contributed by atoms with Crippen LogP contribution in [0.4, 0.5) is 5.69 Å². The molecule has 0 aliphatic rings. The molecule has 0 aromatic heterocycles. The zero-order chi connectivity index (χ0) is 14.6. The first-order valence-electron chi connectivity index (χ1n) is 5.58. The predicted molar refractivity (Wildman–Crippen MR) is 71.9 cm³/mol. The van der Waals surface area contributed by atoms with Crippen molar-refractivity contribution in [2.45, 2.75) is 26.1 Å². The first-order valence-corrected chi connectivity index (χ1v) is 6.56. The zero-order valence-corrected chi connectivity index (χ0v) is 11.4. The molecule has 1 aromatic rings. The van der Waals surface area contributed by atoms with Gasteiger partial charge in [-0.15, -0.1) is 0 Å². The average Bonchev–Trinajstić information content (AvgIpc) is 2.34. The van der Waals surface area contributed by atoms with Crippen LogP contribution >= 0.6 is 11.8 Å². The normalized spacial score (nSPS) is 13.9. The number of carbonyl (C=O) groups excluding carboxylic acids is 1. The molecular formula is C12H15NO5S. The fourth-order valence-corrected chi connectivity index (χ4v) is 2.25. The molecule has 1 aromatic carbocycles. The molecule has 19 heavy (non-hydrogen) atoms. The zero-order valence-electron chi connectivity index (χ0n) is 10.6. The number of carbonyl (C=O) groups is 1. The van der Waals surface area contributed by atoms with Crippen LogP contribution in [0.25, 0.3) is 0 Å². The third-order valence-electron chi connectivity index (χ3n) is 2.68. The Bertz CT molecular complexity index is 491. The highest BCUT2D eigenvalue weighted by atomic mass is 32.2. The quantitative estimate of drug-likeness (QED) is 0.629. The summed E-state index contributed by atoms with van der Waals surface area (Å²) in [5.74, 6) is 0.0403. The van der Waals surface area contributed by atoms with Crippen LogP contribution in [0, 0.1) is 17.0 Å². The van der Waals surface area contributed by atoms with Crippen LogP contribution < -0.4 is 0 Å². The summed E-state index contributed by atoms with van der Waals surface area (Å²) >= 11 is 0.896. The van der Waals surface area contributed by atoms with Crippen LogP contribution in [-0.2, 0) is 4.79 Å². The number of thioether (sulfide) groups is 1. The standard InChI is InChI=1S/C12H15NO5S/c1-7-9(4-3-5-10(7)13(17)18)12(16)11(15)6-19-8(2)14/h3-5,11-12,15-16H,6H2,1-2H3. The van der Waals surface area contributed by atoms with E-state index in [-0.39, 0.29) is 16.6 Å². The van der Waals surface area contributed by atoms with Gasteiger partial charge in [0.1, 0.15) is 6.10 Å². The molecule has 2 atom stereocenters. The summed E-state index contributed by atoms with van der Waals surface area (Å²) in [6.45, 7) is 2.88. The van der Waals surface area contributed by atoms with Crippen molar-refractivity contribution >= 4 is 22.6 Å². The molecule has 7 heteroatoms. The monoisotopic (exact) mass is 285 g/mol. The van der Waals surface area contributed by atoms with Crippen LogP contribution in [0.5, 0.6) is 0 Å². The van der Waals surface area contributed by atoms with E-state index in [2.05, 4.69) is 0 Å². The van der Waals surface area contributed by atoms with Gasteiger partial charge in [0, 0.05) is 24.3 Å². The maximum atomic E-state index is 10.8. The van der Waals surface area contributed by atoms with Crippen molar-refractivity contribution in [3.05, 3.63) is 39.4 Å². The minimum atomic E-state index is -1.26. The Morgan fingerprint density at radius 2 is 2.11 bits per heavy atom. The molecule has 0 heterocycles. The molecule has 0 spiro atoms. The van der Waals surface area contributed by atoms with Gasteiger partial charge in [-0.1, -0.05) is 23.9 Å². The lowest BCUT2D eigenvalue weighted by molar-refractivity contribution is -0.385. The van der Waals surface area contributed by atoms with Crippen LogP contribution in [0.1, 0.15) is 24.2 Å². The van der Waals surface area contributed by atoms with Crippen molar-refractivity contribution in [1.82, 2.24) is 0 Å². The minimum absolute atomic E-state index is 0.0403. The highest BCUT2D eigenvalue weighted by Gasteiger charge is 2.24. The molecule has 0 fully saturated rings. The summed E-state index contributed by atoms with van der Waals surface area (Å²) in [4.78, 5) is 21.1. The Kier molecular flexibility index (Phi) is 5.46. The topological polar surface area (TPSA) is 101 Å². The second-order valence-corrected chi connectivity index (χ2v) is 5.26. The van der Waals surface area contributed by atoms with Gasteiger partial charge in [-0.05, 0) is 12.5 Å². The van der Waals surface area contributed by atoms with Crippen molar-refractivity contribution < 1.29 is 19.9 Å². The van der Waals surface area contributed by atoms with Crippen LogP contribution in [0.3, 0.4) is 0 Å². The van der Waals surface area contributed by atoms with Crippen LogP contribution in [0.2, 0.25) is 0 Å². The van der Waals surface area contributed by atoms with Gasteiger partial charge in [-0.3, -0.25) is 14.9 Å². The fourth-order valence-electron chi connectivity index (χ4n) is 1.66. The van der Waals surface area contributed by atoms with Gasteiger partial charge in [0.25, 0.3) is 5.69 Å². The maximum absolute atomic E-state index is 10.8. The molecule has 2 N–H and O–H groups in total. The van der Waals surface area contributed by atoms with Gasteiger partial charge >= 0.3 is 0 Å². The van der Waals surface area contributed by atoms with E-state index >= 15 is 0 Å². The van der Waals surface area contributed by atoms with Gasteiger partial charge in [-0.25, -0.2) is 0 Å². The molecule has 0 aliphatic heterocycles. The highest BCUT2D eigenvalue weighted by molar-refractivity contribution is 8.13. The maximum Gasteiger partial charge on any atom is 0.272 e. The molecule has 2 unspecified atom stereocenters. The molecular weight excluding hydrogens is 270 g/mol. The summed E-state index contributed by atoms with van der Waals surface area (Å²) < 4.78 is 0. The van der Waals surface area contributed by atoms with Crippen LogP contribution in [0.15, 0.2) is 18.2 Å². The number of nitro benzene ring substituents is 1. The Morgan fingerprint density at radius 1 is 1.47 bits per heavy atom. The van der Waals surface area contributed by atoms with Gasteiger partial charge in [0.05, 0.1) is 11.0 Å². The predicted octanol–water partition coefficient (Wildman–Crippen LogP) is 1.58. The van der Waals surface area contributed by atoms with Crippen molar-refractivity contribution in [3.8, 4) is 0 Å². The van der Waals surface area contributed by atoms with Crippen molar-refractivity contribution in [2.24, 2.45) is 0 Å². The Balaban J connectivity index is 2.93. The SMILES string of the molecule is CC(=O)SCC(O)C(O)c1cccc([N+](=O)[O-])c1C. The molecule has 104 valence electrons. The lowest BCUT2D eigenvalue weighted by Crippen LogP contribution is -2.22. The van der Waals surface area contributed by atoms with E-state index in [1.165, 1.54) is 32.0 Å². The van der Waals surface area contributed by atoms with E-state index < -0.39 is 17.1 Å². The number of aliphatic hydroxyl groups excluding tert-OH is 2. The number of aliphatic hydroxyl groups is 2. The Morgan fingerprint density at radius 3 is 2.63 bits per heavy atom. The lowest BCUT2D eigenvalue weighted by Gasteiger charge is -2.19. The number of rotatable bonds is 5. The van der Waals surface area contributed by atoms with E-state index in [0.29, 0.717) is 11.1 Å². The van der Waals surface area contributed by atoms with E-state index in [4.69, 9.17) is 0 Å². The summed E-state index contributed by atoms with van der Waals surface area (Å²) in [6, 6.07) is 4.31. The number of hydrogen-bond donors (Lipinski definition) is 2. The fraction of sp³-hybridized carbons (Fsp3) is 0.417. The van der Waals surface area contributed by atoms with Crippen molar-refractivity contribution in [1.29, 1.82) is 0 Å². The van der Waals surface area contributed by atoms with Crippen molar-refractivity contribution in [2.75, 3.05) is 5.75 Å². The van der Waals surface area contributed by atoms with Gasteiger partial charge in [0.15, 0.2) is 5.12 Å². The van der Waals surface area contributed by atoms with Crippen LogP contribution in [-0.4, -0.2) is 32.1 Å². The molecule has 0 saturated carbocycles. The minimum Gasteiger partial charge on any atom is -0.389 e. The summed E-state index contributed by atoms with van der Waals surface area (Å²) in [5.41, 5.74) is 0.501. The molecule has 6 nitrogen and oxygen atoms in total. The lowest BCUT2D eigenvalue weighted by atomic mass is 9.99. The van der Waals surface area contributed by atoms with Gasteiger partial charge < -0.3 is 10.2 Å². The summed E-state index contributed by atoms with van der Waals surface area (Å²) in [7, 11) is 0. The molecule has 0 amide bonds. The Labute approximate surface area is 114 Å². The first-order chi connectivity index (χ1) is 8.84. The number of benzene rings is 1. The smallest absolute Gasteiger partial charge is 0.272 e. The third kappa shape index (κ3) is 4.02. The van der Waals surface area contributed by atoms with Gasteiger partial charge in [0.2, 0.25) is 0 Å².